The van der Waals surface area contributed by atoms with E-state index in [2.05, 4.69) is 67.6 Å². The molecule has 3 nitrogen and oxygen atoms in total. The standard InChI is InChI=1S/C12H21N.C11H18N2.C6H5Cl.C3H6.C2H6/c1-4-6-7-8-13(3)12-9-11(5-2)10-12;1-5-11(6-2)13-8-7-12(4)9-10(13)3;7-6-4-2-1-3-5-6;1-2-3-1;1-2/h4,6-7,11-12H,1,5,8-10H2,2-3H3;5-6H,1,3,7-9H2,2,4H3;1-5H;1-3H2;1-2H3/b7-6+;11-6-;;;. The molecule has 1 aromatic rings. The Morgan fingerprint density at radius 2 is 1.68 bits per heavy atom. The zero-order valence-corrected chi connectivity index (χ0v) is 26.1. The van der Waals surface area contributed by atoms with Crippen molar-refractivity contribution in [2.75, 3.05) is 40.3 Å². The number of piperazine rings is 1. The van der Waals surface area contributed by atoms with Gasteiger partial charge in [0.2, 0.25) is 0 Å². The smallest absolute Gasteiger partial charge is 0.0405 e. The minimum atomic E-state index is 0.794. The van der Waals surface area contributed by atoms with Crippen LogP contribution in [-0.2, 0) is 0 Å². The first-order chi connectivity index (χ1) is 18.4. The molecule has 3 aliphatic rings. The highest BCUT2D eigenvalue weighted by molar-refractivity contribution is 6.30. The Morgan fingerprint density at radius 3 is 2.08 bits per heavy atom. The molecule has 38 heavy (non-hydrogen) atoms. The zero-order chi connectivity index (χ0) is 28.8. The number of hydrogen-bond donors (Lipinski definition) is 0. The van der Waals surface area contributed by atoms with Crippen molar-refractivity contribution < 1.29 is 0 Å². The van der Waals surface area contributed by atoms with Crippen molar-refractivity contribution in [1.82, 2.24) is 14.7 Å². The van der Waals surface area contributed by atoms with Crippen LogP contribution in [0.1, 0.15) is 66.2 Å². The molecule has 0 atom stereocenters. The van der Waals surface area contributed by atoms with Crippen LogP contribution in [0.2, 0.25) is 5.02 Å². The molecule has 214 valence electrons. The summed E-state index contributed by atoms with van der Waals surface area (Å²) in [6.07, 6.45) is 18.6. The van der Waals surface area contributed by atoms with Crippen molar-refractivity contribution in [3.05, 3.63) is 96.9 Å². The molecule has 0 unspecified atom stereocenters. The molecule has 0 radical (unpaired) electrons. The molecule has 0 aromatic heterocycles. The van der Waals surface area contributed by atoms with Gasteiger partial charge >= 0.3 is 0 Å². The van der Waals surface area contributed by atoms with Crippen molar-refractivity contribution in [3.63, 3.8) is 0 Å². The molecule has 1 aromatic carbocycles. The normalized spacial score (nSPS) is 20.3. The van der Waals surface area contributed by atoms with Gasteiger partial charge in [-0.25, -0.2) is 0 Å². The van der Waals surface area contributed by atoms with Crippen molar-refractivity contribution in [1.29, 1.82) is 0 Å². The fraction of sp³-hybridized carbons (Fsp3) is 0.529. The lowest BCUT2D eigenvalue weighted by Gasteiger charge is -2.40. The van der Waals surface area contributed by atoms with Gasteiger partial charge in [-0.2, -0.15) is 0 Å². The number of benzene rings is 1. The first-order valence-corrected chi connectivity index (χ1v) is 14.8. The van der Waals surface area contributed by atoms with Crippen molar-refractivity contribution in [3.8, 4) is 0 Å². The molecule has 0 amide bonds. The van der Waals surface area contributed by atoms with Gasteiger partial charge in [-0.05, 0) is 58.0 Å². The highest BCUT2D eigenvalue weighted by atomic mass is 35.5. The third kappa shape index (κ3) is 16.7. The van der Waals surface area contributed by atoms with E-state index in [0.717, 1.165) is 54.6 Å². The van der Waals surface area contributed by atoms with Gasteiger partial charge in [0.1, 0.15) is 0 Å². The van der Waals surface area contributed by atoms with Crippen LogP contribution in [0.25, 0.3) is 0 Å². The van der Waals surface area contributed by atoms with E-state index in [9.17, 15) is 0 Å². The van der Waals surface area contributed by atoms with E-state index >= 15 is 0 Å². The number of rotatable bonds is 7. The molecule has 2 aliphatic carbocycles. The maximum absolute atomic E-state index is 5.54. The minimum Gasteiger partial charge on any atom is -0.343 e. The van der Waals surface area contributed by atoms with Crippen LogP contribution in [0.3, 0.4) is 0 Å². The van der Waals surface area contributed by atoms with Crippen molar-refractivity contribution in [2.24, 2.45) is 5.92 Å². The Balaban J connectivity index is 0.000000510. The Bertz CT molecular complexity index is 804. The number of allylic oxidation sites excluding steroid dienone is 4. The summed E-state index contributed by atoms with van der Waals surface area (Å²) in [7, 11) is 4.33. The summed E-state index contributed by atoms with van der Waals surface area (Å²) in [6, 6.07) is 10.3. The first kappa shape index (κ1) is 35.9. The van der Waals surface area contributed by atoms with Gasteiger partial charge in [-0.3, -0.25) is 9.80 Å². The molecule has 3 fully saturated rings. The highest BCUT2D eigenvalue weighted by Crippen LogP contribution is 2.33. The Hall–Kier alpha value is -2.07. The summed E-state index contributed by atoms with van der Waals surface area (Å²) in [5.41, 5.74) is 2.32. The molecule has 1 saturated heterocycles. The van der Waals surface area contributed by atoms with E-state index < -0.39 is 0 Å². The maximum Gasteiger partial charge on any atom is 0.0405 e. The van der Waals surface area contributed by atoms with Crippen molar-refractivity contribution >= 4 is 11.6 Å². The fourth-order valence-electron chi connectivity index (χ4n) is 3.88. The van der Waals surface area contributed by atoms with Gasteiger partial charge in [0.15, 0.2) is 0 Å². The molecule has 2 saturated carbocycles. The van der Waals surface area contributed by atoms with Gasteiger partial charge in [-0.1, -0.05) is 120 Å². The minimum absolute atomic E-state index is 0.794. The molecular formula is C34H56ClN3. The van der Waals surface area contributed by atoms with Crippen LogP contribution in [0.15, 0.2) is 91.8 Å². The third-order valence-electron chi connectivity index (χ3n) is 6.52. The summed E-state index contributed by atoms with van der Waals surface area (Å²) in [5.74, 6) is 0.996. The number of halogens is 1. The van der Waals surface area contributed by atoms with Crippen LogP contribution in [-0.4, -0.2) is 61.0 Å². The van der Waals surface area contributed by atoms with Crippen LogP contribution in [0, 0.1) is 5.92 Å². The fourth-order valence-corrected chi connectivity index (χ4v) is 4.03. The Morgan fingerprint density at radius 1 is 1.08 bits per heavy atom. The van der Waals surface area contributed by atoms with E-state index in [1.165, 1.54) is 38.5 Å². The number of hydrogen-bond acceptors (Lipinski definition) is 3. The number of nitrogens with zero attached hydrogens (tertiary/aromatic N) is 3. The molecule has 0 bridgehead atoms. The Kier molecular flexibility index (Phi) is 21.6. The lowest BCUT2D eigenvalue weighted by molar-refractivity contribution is 0.109. The Labute approximate surface area is 241 Å². The second kappa shape index (κ2) is 22.9. The molecule has 1 heterocycles. The third-order valence-corrected chi connectivity index (χ3v) is 6.77. The van der Waals surface area contributed by atoms with Crippen LogP contribution >= 0.6 is 11.6 Å². The van der Waals surface area contributed by atoms with Gasteiger partial charge in [0, 0.05) is 48.6 Å². The van der Waals surface area contributed by atoms with E-state index in [-0.39, 0.29) is 0 Å². The summed E-state index contributed by atoms with van der Waals surface area (Å²) in [6.45, 7) is 23.9. The molecular weight excluding hydrogens is 486 g/mol. The predicted octanol–water partition coefficient (Wildman–Crippen LogP) is 9.22. The average molecular weight is 542 g/mol. The predicted molar refractivity (Wildman–Crippen MR) is 173 cm³/mol. The largest absolute Gasteiger partial charge is 0.343 e. The second-order valence-electron chi connectivity index (χ2n) is 9.73. The van der Waals surface area contributed by atoms with E-state index in [1.54, 1.807) is 0 Å². The summed E-state index contributed by atoms with van der Waals surface area (Å²) in [4.78, 5) is 6.94. The molecule has 0 N–H and O–H groups in total. The molecule has 4 rings (SSSR count). The summed E-state index contributed by atoms with van der Waals surface area (Å²) >= 11 is 5.54. The SMILES string of the molecule is C1CC1.C=C/C(=C/C)N1CCN(C)CC1=C.C=C/C=C/CN(C)C1CC(CC)C1.CC.Clc1ccccc1. The van der Waals surface area contributed by atoms with Gasteiger partial charge in [0.05, 0.1) is 0 Å². The van der Waals surface area contributed by atoms with E-state index in [0.29, 0.717) is 0 Å². The second-order valence-corrected chi connectivity index (χ2v) is 10.2. The highest BCUT2D eigenvalue weighted by Gasteiger charge is 2.29. The lowest BCUT2D eigenvalue weighted by atomic mass is 9.78. The van der Waals surface area contributed by atoms with E-state index in [1.807, 2.05) is 69.3 Å². The topological polar surface area (TPSA) is 9.72 Å². The molecule has 1 aliphatic heterocycles. The average Bonchev–Trinajstić information content (AvgIpc) is 3.78. The molecule has 4 heteroatoms. The van der Waals surface area contributed by atoms with Crippen LogP contribution < -0.4 is 0 Å². The quantitative estimate of drug-likeness (QED) is 0.318. The molecule has 0 spiro atoms. The maximum atomic E-state index is 5.54. The van der Waals surface area contributed by atoms with E-state index in [4.69, 9.17) is 11.6 Å². The van der Waals surface area contributed by atoms with Gasteiger partial charge in [0.25, 0.3) is 0 Å². The number of likely N-dealkylation sites (N-methyl/N-ethyl adjacent to an activating group) is 2. The zero-order valence-electron chi connectivity index (χ0n) is 25.3. The van der Waals surface area contributed by atoms with Gasteiger partial charge < -0.3 is 4.90 Å². The van der Waals surface area contributed by atoms with Gasteiger partial charge in [-0.15, -0.1) is 0 Å². The summed E-state index contributed by atoms with van der Waals surface area (Å²) in [5, 5.41) is 0.794. The summed E-state index contributed by atoms with van der Waals surface area (Å²) < 4.78 is 0. The first-order valence-electron chi connectivity index (χ1n) is 14.5. The lowest BCUT2D eigenvalue weighted by Crippen LogP contribution is -2.42. The van der Waals surface area contributed by atoms with Crippen molar-refractivity contribution in [2.45, 2.75) is 72.3 Å². The van der Waals surface area contributed by atoms with Crippen LogP contribution in [0.5, 0.6) is 0 Å². The van der Waals surface area contributed by atoms with Crippen LogP contribution in [0.4, 0.5) is 0 Å². The monoisotopic (exact) mass is 541 g/mol.